The Kier molecular flexibility index (Phi) is 7.85. The summed E-state index contributed by atoms with van der Waals surface area (Å²) in [4.78, 5) is 10.6. The summed E-state index contributed by atoms with van der Waals surface area (Å²) in [5.41, 5.74) is 11.4. The zero-order chi connectivity index (χ0) is 37.7. The van der Waals surface area contributed by atoms with Gasteiger partial charge in [0.2, 0.25) is 0 Å². The molecule has 0 spiro atoms. The Morgan fingerprint density at radius 1 is 0.404 bits per heavy atom. The van der Waals surface area contributed by atoms with E-state index in [0.29, 0.717) is 5.84 Å². The minimum Gasteiger partial charge on any atom is -0.456 e. The van der Waals surface area contributed by atoms with Crippen LogP contribution >= 0.6 is 0 Å². The van der Waals surface area contributed by atoms with Crippen LogP contribution in [0.4, 0.5) is 0 Å². The maximum absolute atomic E-state index is 6.59. The Balaban J connectivity index is 1.11. The number of benzene rings is 9. The number of rotatable bonds is 6. The van der Waals surface area contributed by atoms with E-state index in [1.807, 2.05) is 30.3 Å². The molecule has 1 unspecified atom stereocenters. The average molecular weight is 730 g/mol. The van der Waals surface area contributed by atoms with Gasteiger partial charge in [-0.3, -0.25) is 0 Å². The van der Waals surface area contributed by atoms with Gasteiger partial charge in [-0.1, -0.05) is 170 Å². The second kappa shape index (κ2) is 13.6. The third-order valence-corrected chi connectivity index (χ3v) is 11.1. The monoisotopic (exact) mass is 729 g/mol. The summed E-state index contributed by atoms with van der Waals surface area (Å²) in [5.74, 6) is 1.42. The van der Waals surface area contributed by atoms with E-state index in [1.165, 1.54) is 32.7 Å². The standard InChI is InChI=1S/C53H35N3O/c1-3-15-36(16-4-1)46-31-40(28-29-44(46)43-24-13-21-35-17-9-10-22-42(35)43)52-54-51(37-18-5-2-6-19-37)55-53(56-52)47-32-41(39-27-26-34-14-7-8-20-38(34)30-39)33-49-50(47)45-23-11-12-25-48(45)57-49/h1-33,52H,(H,54,55,56). The molecule has 0 amide bonds. The molecule has 1 N–H and O–H groups in total. The molecule has 1 atom stereocenters. The minimum atomic E-state index is -0.422. The SMILES string of the molecule is c1ccc(C2=NC(c3ccc(-c4cccc5ccccc45)c(-c4ccccc4)c3)NC(c3cc(-c4ccc5ccccc5c4)cc4oc5ccccc5c34)=N2)cc1. The molecule has 0 aliphatic carbocycles. The molecule has 0 fully saturated rings. The first kappa shape index (κ1) is 32.8. The predicted octanol–water partition coefficient (Wildman–Crippen LogP) is 13.4. The van der Waals surface area contributed by atoms with Gasteiger partial charge in [0.1, 0.15) is 23.2 Å². The Bertz CT molecular complexity index is 3210. The number of aliphatic imine (C=N–C) groups is 2. The number of hydrogen-bond donors (Lipinski definition) is 1. The van der Waals surface area contributed by atoms with Gasteiger partial charge in [0.05, 0.1) is 0 Å². The number of amidine groups is 2. The van der Waals surface area contributed by atoms with Crippen LogP contribution in [0.3, 0.4) is 0 Å². The van der Waals surface area contributed by atoms with E-state index < -0.39 is 6.17 Å². The van der Waals surface area contributed by atoms with Crippen molar-refractivity contribution in [1.29, 1.82) is 0 Å². The highest BCUT2D eigenvalue weighted by Crippen LogP contribution is 2.40. The normalized spacial score (nSPS) is 14.1. The molecular weight excluding hydrogens is 695 g/mol. The van der Waals surface area contributed by atoms with Crippen LogP contribution in [0.1, 0.15) is 22.9 Å². The van der Waals surface area contributed by atoms with Crippen LogP contribution in [0.25, 0.3) is 76.9 Å². The quantitative estimate of drug-likeness (QED) is 0.185. The summed E-state index contributed by atoms with van der Waals surface area (Å²) in [6.07, 6.45) is -0.422. The van der Waals surface area contributed by atoms with E-state index >= 15 is 0 Å². The molecule has 4 heteroatoms. The van der Waals surface area contributed by atoms with Crippen molar-refractivity contribution in [3.05, 3.63) is 217 Å². The molecular formula is C53H35N3O. The van der Waals surface area contributed by atoms with Crippen molar-refractivity contribution < 1.29 is 4.42 Å². The highest BCUT2D eigenvalue weighted by Gasteiger charge is 2.26. The first-order chi connectivity index (χ1) is 28.2. The number of para-hydroxylation sites is 1. The van der Waals surface area contributed by atoms with Crippen LogP contribution < -0.4 is 5.32 Å². The molecule has 0 saturated carbocycles. The zero-order valence-corrected chi connectivity index (χ0v) is 30.9. The molecule has 0 saturated heterocycles. The first-order valence-corrected chi connectivity index (χ1v) is 19.3. The van der Waals surface area contributed by atoms with E-state index in [4.69, 9.17) is 14.4 Å². The van der Waals surface area contributed by atoms with E-state index in [9.17, 15) is 0 Å². The molecule has 1 aromatic heterocycles. The highest BCUT2D eigenvalue weighted by molar-refractivity contribution is 6.22. The van der Waals surface area contributed by atoms with Gasteiger partial charge in [0.15, 0.2) is 5.84 Å². The fraction of sp³-hybridized carbons (Fsp3) is 0.0189. The second-order valence-corrected chi connectivity index (χ2v) is 14.6. The summed E-state index contributed by atoms with van der Waals surface area (Å²) < 4.78 is 6.59. The molecule has 268 valence electrons. The van der Waals surface area contributed by atoms with Gasteiger partial charge in [-0.15, -0.1) is 0 Å². The third-order valence-electron chi connectivity index (χ3n) is 11.1. The van der Waals surface area contributed by atoms with E-state index in [1.54, 1.807) is 0 Å². The molecule has 11 rings (SSSR count). The number of fused-ring (bicyclic) bond motifs is 5. The van der Waals surface area contributed by atoms with Crippen LogP contribution in [0, 0.1) is 0 Å². The number of nitrogens with one attached hydrogen (secondary N) is 1. The Morgan fingerprint density at radius 3 is 1.95 bits per heavy atom. The molecule has 0 bridgehead atoms. The summed E-state index contributed by atoms with van der Waals surface area (Å²) in [6.45, 7) is 0. The lowest BCUT2D eigenvalue weighted by atomic mass is 9.89. The lowest BCUT2D eigenvalue weighted by Crippen LogP contribution is -2.33. The van der Waals surface area contributed by atoms with Crippen molar-refractivity contribution in [3.63, 3.8) is 0 Å². The summed E-state index contributed by atoms with van der Waals surface area (Å²) >= 11 is 0. The largest absolute Gasteiger partial charge is 0.456 e. The number of furan rings is 1. The topological polar surface area (TPSA) is 49.9 Å². The second-order valence-electron chi connectivity index (χ2n) is 14.6. The molecule has 1 aliphatic heterocycles. The van der Waals surface area contributed by atoms with E-state index in [2.05, 4.69) is 175 Å². The molecule has 9 aromatic carbocycles. The van der Waals surface area contributed by atoms with Crippen molar-refractivity contribution in [2.45, 2.75) is 6.17 Å². The van der Waals surface area contributed by atoms with Crippen LogP contribution in [0.5, 0.6) is 0 Å². The summed E-state index contributed by atoms with van der Waals surface area (Å²) in [7, 11) is 0. The van der Waals surface area contributed by atoms with Crippen molar-refractivity contribution in [1.82, 2.24) is 5.32 Å². The van der Waals surface area contributed by atoms with Crippen molar-refractivity contribution in [3.8, 4) is 33.4 Å². The fourth-order valence-electron chi connectivity index (χ4n) is 8.33. The van der Waals surface area contributed by atoms with Crippen LogP contribution in [0.2, 0.25) is 0 Å². The van der Waals surface area contributed by atoms with Crippen molar-refractivity contribution >= 4 is 55.2 Å². The summed E-state index contributed by atoms with van der Waals surface area (Å²) in [6, 6.07) is 70.6. The number of nitrogens with zero attached hydrogens (tertiary/aromatic N) is 2. The lowest BCUT2D eigenvalue weighted by Gasteiger charge is -2.25. The van der Waals surface area contributed by atoms with Gasteiger partial charge in [-0.25, -0.2) is 9.98 Å². The molecule has 1 aliphatic rings. The van der Waals surface area contributed by atoms with Crippen molar-refractivity contribution in [2.24, 2.45) is 9.98 Å². The maximum Gasteiger partial charge on any atom is 0.159 e. The van der Waals surface area contributed by atoms with Crippen LogP contribution in [-0.2, 0) is 0 Å². The Morgan fingerprint density at radius 2 is 1.11 bits per heavy atom. The zero-order valence-electron chi connectivity index (χ0n) is 30.9. The first-order valence-electron chi connectivity index (χ1n) is 19.3. The predicted molar refractivity (Wildman–Crippen MR) is 237 cm³/mol. The number of hydrogen-bond acceptors (Lipinski definition) is 4. The maximum atomic E-state index is 6.59. The van der Waals surface area contributed by atoms with Crippen molar-refractivity contribution in [2.75, 3.05) is 0 Å². The van der Waals surface area contributed by atoms with Gasteiger partial charge in [-0.2, -0.15) is 0 Å². The molecule has 57 heavy (non-hydrogen) atoms. The molecule has 4 nitrogen and oxygen atoms in total. The Labute approximate surface area is 330 Å². The van der Waals surface area contributed by atoms with Gasteiger partial charge in [0, 0.05) is 21.9 Å². The molecule has 10 aromatic rings. The van der Waals surface area contributed by atoms with Gasteiger partial charge >= 0.3 is 0 Å². The van der Waals surface area contributed by atoms with E-state index in [-0.39, 0.29) is 0 Å². The Hall–Kier alpha value is -7.56. The highest BCUT2D eigenvalue weighted by atomic mass is 16.3. The smallest absolute Gasteiger partial charge is 0.159 e. The third kappa shape index (κ3) is 5.87. The lowest BCUT2D eigenvalue weighted by molar-refractivity contribution is 0.668. The fourth-order valence-corrected chi connectivity index (χ4v) is 8.33. The molecule has 0 radical (unpaired) electrons. The minimum absolute atomic E-state index is 0.422. The van der Waals surface area contributed by atoms with Gasteiger partial charge in [0.25, 0.3) is 0 Å². The van der Waals surface area contributed by atoms with Gasteiger partial charge < -0.3 is 9.73 Å². The van der Waals surface area contributed by atoms with E-state index in [0.717, 1.165) is 66.7 Å². The average Bonchev–Trinajstić information content (AvgIpc) is 3.67. The van der Waals surface area contributed by atoms with Crippen LogP contribution in [-0.4, -0.2) is 11.7 Å². The molecule has 2 heterocycles. The van der Waals surface area contributed by atoms with Crippen LogP contribution in [0.15, 0.2) is 215 Å². The van der Waals surface area contributed by atoms with Gasteiger partial charge in [-0.05, 0) is 90.8 Å². The summed E-state index contributed by atoms with van der Waals surface area (Å²) in [5, 5.41) is 10.7.